The van der Waals surface area contributed by atoms with Gasteiger partial charge in [-0.05, 0) is 30.7 Å². The molecule has 0 heterocycles. The second-order valence-electron chi connectivity index (χ2n) is 4.29. The van der Waals surface area contributed by atoms with Crippen molar-refractivity contribution >= 4 is 22.1 Å². The largest absolute Gasteiger partial charge is 0.478 e. The normalized spacial score (nSPS) is 13.8. The van der Waals surface area contributed by atoms with E-state index in [0.29, 0.717) is 5.56 Å². The van der Waals surface area contributed by atoms with Crippen molar-refractivity contribution in [2.24, 2.45) is 0 Å². The van der Waals surface area contributed by atoms with E-state index in [-0.39, 0.29) is 11.5 Å². The van der Waals surface area contributed by atoms with Gasteiger partial charge in [0.25, 0.3) is 0 Å². The molecule has 1 aromatic carbocycles. The maximum absolute atomic E-state index is 12.2. The van der Waals surface area contributed by atoms with Gasteiger partial charge in [-0.1, -0.05) is 12.1 Å². The summed E-state index contributed by atoms with van der Waals surface area (Å²) in [5.74, 6) is -1.07. The summed E-state index contributed by atoms with van der Waals surface area (Å²) in [5.41, 5.74) is 0.587. The van der Waals surface area contributed by atoms with Gasteiger partial charge in [0.05, 0.1) is 11.5 Å². The Morgan fingerprint density at radius 1 is 1.35 bits per heavy atom. The van der Waals surface area contributed by atoms with E-state index in [2.05, 4.69) is 0 Å². The molecule has 0 bridgehead atoms. The molecule has 0 radical (unpaired) electrons. The molecular weight excluding hydrogens is 282 g/mol. The second-order valence-corrected chi connectivity index (χ2v) is 6.29. The van der Waals surface area contributed by atoms with E-state index in [0.717, 1.165) is 10.4 Å². The Morgan fingerprint density at radius 2 is 1.90 bits per heavy atom. The fourth-order valence-corrected chi connectivity index (χ4v) is 2.79. The average molecular weight is 299 g/mol. The van der Waals surface area contributed by atoms with Gasteiger partial charge < -0.3 is 10.2 Å². The Hall–Kier alpha value is -1.70. The summed E-state index contributed by atoms with van der Waals surface area (Å²) >= 11 is 0. The number of carboxylic acids is 1. The Bertz CT molecular complexity index is 592. The number of aliphatic hydroxyl groups excluding tert-OH is 1. The van der Waals surface area contributed by atoms with Gasteiger partial charge in [0.15, 0.2) is 0 Å². The van der Waals surface area contributed by atoms with Crippen molar-refractivity contribution in [3.05, 3.63) is 35.9 Å². The smallest absolute Gasteiger partial charge is 0.328 e. The van der Waals surface area contributed by atoms with Crippen LogP contribution in [0.2, 0.25) is 0 Å². The molecular formula is C13H17NO5S. The highest BCUT2D eigenvalue weighted by atomic mass is 32.2. The van der Waals surface area contributed by atoms with E-state index in [1.165, 1.54) is 37.4 Å². The number of nitrogens with zero attached hydrogens (tertiary/aromatic N) is 1. The molecule has 1 rings (SSSR count). The fourth-order valence-electron chi connectivity index (χ4n) is 1.44. The van der Waals surface area contributed by atoms with Crippen LogP contribution in [0.15, 0.2) is 35.2 Å². The van der Waals surface area contributed by atoms with E-state index in [1.54, 1.807) is 6.92 Å². The minimum Gasteiger partial charge on any atom is -0.478 e. The number of hydrogen-bond acceptors (Lipinski definition) is 4. The molecule has 0 aliphatic heterocycles. The zero-order valence-electron chi connectivity index (χ0n) is 11.2. The van der Waals surface area contributed by atoms with E-state index >= 15 is 0 Å². The van der Waals surface area contributed by atoms with E-state index in [9.17, 15) is 13.2 Å². The first kappa shape index (κ1) is 16.4. The first-order valence-electron chi connectivity index (χ1n) is 5.89. The number of likely N-dealkylation sites (N-methyl/N-ethyl adjacent to an activating group) is 1. The molecule has 0 spiro atoms. The van der Waals surface area contributed by atoms with Crippen LogP contribution in [-0.4, -0.2) is 48.6 Å². The third-order valence-electron chi connectivity index (χ3n) is 2.86. The molecule has 1 aromatic rings. The van der Waals surface area contributed by atoms with Crippen molar-refractivity contribution in [2.45, 2.75) is 17.9 Å². The van der Waals surface area contributed by atoms with Crippen molar-refractivity contribution in [1.29, 1.82) is 0 Å². The van der Waals surface area contributed by atoms with Gasteiger partial charge in [-0.2, -0.15) is 4.31 Å². The third-order valence-corrected chi connectivity index (χ3v) is 4.85. The molecule has 110 valence electrons. The molecule has 0 aliphatic carbocycles. The molecule has 0 saturated heterocycles. The first-order chi connectivity index (χ1) is 9.28. The van der Waals surface area contributed by atoms with Crippen molar-refractivity contribution < 1.29 is 23.4 Å². The van der Waals surface area contributed by atoms with Crippen molar-refractivity contribution in [2.75, 3.05) is 13.7 Å². The molecule has 2 N–H and O–H groups in total. The molecule has 1 atom stereocenters. The monoisotopic (exact) mass is 299 g/mol. The van der Waals surface area contributed by atoms with Gasteiger partial charge in [0, 0.05) is 19.2 Å². The highest BCUT2D eigenvalue weighted by Crippen LogP contribution is 2.17. The summed E-state index contributed by atoms with van der Waals surface area (Å²) in [6.07, 6.45) is 2.35. The van der Waals surface area contributed by atoms with Crippen LogP contribution >= 0.6 is 0 Å². The zero-order valence-corrected chi connectivity index (χ0v) is 12.0. The maximum Gasteiger partial charge on any atom is 0.328 e. The molecule has 0 aromatic heterocycles. The van der Waals surface area contributed by atoms with Crippen LogP contribution < -0.4 is 0 Å². The van der Waals surface area contributed by atoms with Gasteiger partial charge in [-0.3, -0.25) is 0 Å². The summed E-state index contributed by atoms with van der Waals surface area (Å²) in [5, 5.41) is 17.5. The topological polar surface area (TPSA) is 94.9 Å². The molecule has 0 aliphatic rings. The Balaban J connectivity index is 3.01. The number of hydrogen-bond donors (Lipinski definition) is 2. The lowest BCUT2D eigenvalue weighted by Gasteiger charge is -2.22. The van der Waals surface area contributed by atoms with Gasteiger partial charge in [-0.15, -0.1) is 0 Å². The number of carboxylic acid groups (broad SMARTS) is 1. The third kappa shape index (κ3) is 3.89. The van der Waals surface area contributed by atoms with Crippen LogP contribution in [-0.2, 0) is 14.8 Å². The molecule has 0 fully saturated rings. The summed E-state index contributed by atoms with van der Waals surface area (Å²) in [7, 11) is -2.27. The lowest BCUT2D eigenvalue weighted by molar-refractivity contribution is -0.131. The van der Waals surface area contributed by atoms with Crippen LogP contribution in [0.3, 0.4) is 0 Å². The standard InChI is InChI=1S/C13H17NO5S/c1-10(9-15)14(2)20(18,19)12-6-3-11(4-7-12)5-8-13(16)17/h3-8,10,15H,9H2,1-2H3,(H,16,17)/b8-5+. The molecule has 1 unspecified atom stereocenters. The van der Waals surface area contributed by atoms with Crippen LogP contribution in [0.25, 0.3) is 6.08 Å². The Morgan fingerprint density at radius 3 is 2.35 bits per heavy atom. The lowest BCUT2D eigenvalue weighted by atomic mass is 10.2. The fraction of sp³-hybridized carbons (Fsp3) is 0.308. The summed E-state index contributed by atoms with van der Waals surface area (Å²) in [4.78, 5) is 10.5. The number of aliphatic hydroxyl groups is 1. The quantitative estimate of drug-likeness (QED) is 0.757. The predicted octanol–water partition coefficient (Wildman–Crippen LogP) is 0.786. The van der Waals surface area contributed by atoms with Gasteiger partial charge >= 0.3 is 5.97 Å². The van der Waals surface area contributed by atoms with Crippen LogP contribution in [0.5, 0.6) is 0 Å². The summed E-state index contributed by atoms with van der Waals surface area (Å²) < 4.78 is 25.5. The van der Waals surface area contributed by atoms with Gasteiger partial charge in [0.1, 0.15) is 0 Å². The Kier molecular flexibility index (Phi) is 5.43. The maximum atomic E-state index is 12.2. The molecule has 0 amide bonds. The number of rotatable bonds is 6. The van der Waals surface area contributed by atoms with Crippen LogP contribution in [0, 0.1) is 0 Å². The lowest BCUT2D eigenvalue weighted by Crippen LogP contribution is -2.37. The Labute approximate surface area is 118 Å². The number of aliphatic carboxylic acids is 1. The zero-order chi connectivity index (χ0) is 15.3. The minimum absolute atomic E-state index is 0.0905. The number of sulfonamides is 1. The van der Waals surface area contributed by atoms with Crippen LogP contribution in [0.4, 0.5) is 0 Å². The second kappa shape index (κ2) is 6.65. The number of benzene rings is 1. The average Bonchev–Trinajstić information content (AvgIpc) is 2.43. The molecule has 7 heteroatoms. The highest BCUT2D eigenvalue weighted by molar-refractivity contribution is 7.89. The molecule has 6 nitrogen and oxygen atoms in total. The highest BCUT2D eigenvalue weighted by Gasteiger charge is 2.24. The summed E-state index contributed by atoms with van der Waals surface area (Å²) in [6.45, 7) is 1.33. The molecule has 20 heavy (non-hydrogen) atoms. The van der Waals surface area contributed by atoms with Crippen molar-refractivity contribution in [3.8, 4) is 0 Å². The van der Waals surface area contributed by atoms with Crippen molar-refractivity contribution in [1.82, 2.24) is 4.31 Å². The van der Waals surface area contributed by atoms with E-state index < -0.39 is 22.0 Å². The van der Waals surface area contributed by atoms with Crippen molar-refractivity contribution in [3.63, 3.8) is 0 Å². The van der Waals surface area contributed by atoms with Crippen LogP contribution in [0.1, 0.15) is 12.5 Å². The predicted molar refractivity (Wildman–Crippen MR) is 74.6 cm³/mol. The minimum atomic E-state index is -3.67. The van der Waals surface area contributed by atoms with E-state index in [4.69, 9.17) is 10.2 Å². The van der Waals surface area contributed by atoms with E-state index in [1.807, 2.05) is 0 Å². The molecule has 0 saturated carbocycles. The van der Waals surface area contributed by atoms with Gasteiger partial charge in [-0.25, -0.2) is 13.2 Å². The van der Waals surface area contributed by atoms with Gasteiger partial charge in [0.2, 0.25) is 10.0 Å². The summed E-state index contributed by atoms with van der Waals surface area (Å²) in [6, 6.07) is 5.31. The first-order valence-corrected chi connectivity index (χ1v) is 7.33. The SMILES string of the molecule is CC(CO)N(C)S(=O)(=O)c1ccc(/C=C/C(=O)O)cc1. The number of carbonyl (C=O) groups is 1.